The van der Waals surface area contributed by atoms with Crippen LogP contribution >= 0.6 is 0 Å². The monoisotopic (exact) mass is 504 g/mol. The SMILES string of the molecule is CC1(C)CC[C@]2(C(=O)O)CC[C@]3(C)C(=CC[C@@H]4[C@@]5(C)C[C@H](O)[C@H](O)C(C)(CO)C5[C@@H](O)C[C@]43C)[C@H]2C1. The molecule has 0 spiro atoms. The predicted molar refractivity (Wildman–Crippen MR) is 137 cm³/mol. The molecule has 5 aliphatic rings. The first-order valence-electron chi connectivity index (χ1n) is 14.1. The smallest absolute Gasteiger partial charge is 0.310 e. The van der Waals surface area contributed by atoms with Crippen molar-refractivity contribution in [3.05, 3.63) is 11.6 Å². The number of carboxylic acid groups (broad SMARTS) is 1. The molecule has 0 radical (unpaired) electrons. The summed E-state index contributed by atoms with van der Waals surface area (Å²) in [7, 11) is 0. The van der Waals surface area contributed by atoms with E-state index in [0.29, 0.717) is 19.3 Å². The molecule has 5 aliphatic carbocycles. The van der Waals surface area contributed by atoms with E-state index >= 15 is 0 Å². The Morgan fingerprint density at radius 2 is 1.56 bits per heavy atom. The zero-order valence-electron chi connectivity index (χ0n) is 23.0. The molecule has 11 atom stereocenters. The van der Waals surface area contributed by atoms with Crippen molar-refractivity contribution in [2.75, 3.05) is 6.61 Å². The lowest BCUT2D eigenvalue weighted by molar-refractivity contribution is -0.273. The molecule has 6 heteroatoms. The molecule has 0 bridgehead atoms. The van der Waals surface area contributed by atoms with Gasteiger partial charge in [0.05, 0.1) is 30.3 Å². The normalized spacial score (nSPS) is 55.9. The molecule has 0 aromatic carbocycles. The number of hydrogen-bond donors (Lipinski definition) is 5. The lowest BCUT2D eigenvalue weighted by Gasteiger charge is -2.72. The van der Waals surface area contributed by atoms with Crippen molar-refractivity contribution >= 4 is 5.97 Å². The van der Waals surface area contributed by atoms with Crippen molar-refractivity contribution in [1.29, 1.82) is 0 Å². The number of carbonyl (C=O) groups is 1. The van der Waals surface area contributed by atoms with E-state index in [4.69, 9.17) is 0 Å². The van der Waals surface area contributed by atoms with Crippen molar-refractivity contribution in [3.8, 4) is 0 Å². The zero-order chi connectivity index (χ0) is 26.7. The number of fused-ring (bicyclic) bond motifs is 7. The second-order valence-electron chi connectivity index (χ2n) is 15.2. The van der Waals surface area contributed by atoms with Crippen LogP contribution in [0.15, 0.2) is 11.6 Å². The Morgan fingerprint density at radius 1 is 0.917 bits per heavy atom. The fourth-order valence-electron chi connectivity index (χ4n) is 10.9. The summed E-state index contributed by atoms with van der Waals surface area (Å²) in [4.78, 5) is 12.8. The summed E-state index contributed by atoms with van der Waals surface area (Å²) in [5.41, 5.74) is -1.32. The van der Waals surface area contributed by atoms with Crippen LogP contribution in [0.4, 0.5) is 0 Å². The number of rotatable bonds is 2. The maximum atomic E-state index is 12.8. The zero-order valence-corrected chi connectivity index (χ0v) is 23.0. The molecule has 36 heavy (non-hydrogen) atoms. The van der Waals surface area contributed by atoms with Gasteiger partial charge in [-0.05, 0) is 84.9 Å². The van der Waals surface area contributed by atoms with Gasteiger partial charge < -0.3 is 25.5 Å². The average molecular weight is 505 g/mol. The topological polar surface area (TPSA) is 118 Å². The molecular weight excluding hydrogens is 456 g/mol. The molecule has 0 aromatic heterocycles. The van der Waals surface area contributed by atoms with Gasteiger partial charge in [0.1, 0.15) is 0 Å². The fourth-order valence-corrected chi connectivity index (χ4v) is 10.9. The summed E-state index contributed by atoms with van der Waals surface area (Å²) in [6.45, 7) is 12.8. The first kappa shape index (κ1) is 26.6. The minimum atomic E-state index is -1.08. The third-order valence-corrected chi connectivity index (χ3v) is 13.0. The van der Waals surface area contributed by atoms with Crippen molar-refractivity contribution in [2.24, 2.45) is 50.2 Å². The van der Waals surface area contributed by atoms with Crippen molar-refractivity contribution in [3.63, 3.8) is 0 Å². The molecular formula is C30H48O6. The van der Waals surface area contributed by atoms with E-state index in [1.54, 1.807) is 0 Å². The van der Waals surface area contributed by atoms with Gasteiger partial charge >= 0.3 is 5.97 Å². The Hall–Kier alpha value is -0.950. The van der Waals surface area contributed by atoms with Crippen LogP contribution in [0.5, 0.6) is 0 Å². The molecule has 2 unspecified atom stereocenters. The van der Waals surface area contributed by atoms with Crippen LogP contribution in [0.25, 0.3) is 0 Å². The molecule has 0 heterocycles. The van der Waals surface area contributed by atoms with E-state index in [9.17, 15) is 30.3 Å². The molecule has 5 N–H and O–H groups in total. The Kier molecular flexibility index (Phi) is 5.77. The minimum Gasteiger partial charge on any atom is -0.481 e. The van der Waals surface area contributed by atoms with Gasteiger partial charge in [0.2, 0.25) is 0 Å². The number of aliphatic hydroxyl groups excluding tert-OH is 4. The van der Waals surface area contributed by atoms with E-state index in [2.05, 4.69) is 40.7 Å². The maximum Gasteiger partial charge on any atom is 0.310 e. The van der Waals surface area contributed by atoms with Gasteiger partial charge in [-0.2, -0.15) is 0 Å². The lowest BCUT2D eigenvalue weighted by Crippen LogP contribution is -2.71. The highest BCUT2D eigenvalue weighted by molar-refractivity contribution is 5.76. The fraction of sp³-hybridized carbons (Fsp3) is 0.900. The number of aliphatic hydroxyl groups is 4. The molecule has 204 valence electrons. The number of allylic oxidation sites excluding steroid dienone is 2. The van der Waals surface area contributed by atoms with Gasteiger partial charge in [-0.15, -0.1) is 0 Å². The Bertz CT molecular complexity index is 974. The maximum absolute atomic E-state index is 12.8. The summed E-state index contributed by atoms with van der Waals surface area (Å²) in [6.07, 6.45) is 5.27. The second-order valence-corrected chi connectivity index (χ2v) is 15.2. The van der Waals surface area contributed by atoms with Crippen LogP contribution in [-0.4, -0.2) is 56.4 Å². The van der Waals surface area contributed by atoms with Crippen LogP contribution in [0.3, 0.4) is 0 Å². The third-order valence-electron chi connectivity index (χ3n) is 13.0. The minimum absolute atomic E-state index is 0.000534. The molecule has 4 fully saturated rings. The van der Waals surface area contributed by atoms with E-state index in [1.807, 2.05) is 6.92 Å². The largest absolute Gasteiger partial charge is 0.481 e. The quantitative estimate of drug-likeness (QED) is 0.361. The van der Waals surface area contributed by atoms with Crippen LogP contribution in [0.2, 0.25) is 0 Å². The van der Waals surface area contributed by atoms with E-state index < -0.39 is 40.5 Å². The standard InChI is InChI=1S/C30H48O6/c1-25(2)9-11-30(24(35)36)12-10-28(5)17(18(30)13-25)7-8-21-26(3)14-20(33)23(34)27(4,16-31)22(26)19(32)15-29(21,28)6/h7,18-23,31-34H,8-16H2,1-6H3,(H,35,36)/t18-,19+,20+,21-,22?,23+,26-,27?,28-,29-,30+/m1/s1. The average Bonchev–Trinajstić information content (AvgIpc) is 2.77. The molecule has 0 amide bonds. The van der Waals surface area contributed by atoms with E-state index in [-0.39, 0.29) is 40.6 Å². The van der Waals surface area contributed by atoms with Gasteiger partial charge in [-0.25, -0.2) is 0 Å². The highest BCUT2D eigenvalue weighted by Crippen LogP contribution is 2.75. The van der Waals surface area contributed by atoms with Crippen LogP contribution in [-0.2, 0) is 4.79 Å². The Labute approximate surface area is 216 Å². The summed E-state index contributed by atoms with van der Waals surface area (Å²) in [5, 5.41) is 54.6. The Balaban J connectivity index is 1.64. The van der Waals surface area contributed by atoms with Crippen LogP contribution < -0.4 is 0 Å². The van der Waals surface area contributed by atoms with E-state index in [0.717, 1.165) is 32.1 Å². The number of hydrogen-bond acceptors (Lipinski definition) is 5. The van der Waals surface area contributed by atoms with Gasteiger partial charge in [-0.1, -0.05) is 53.2 Å². The first-order chi connectivity index (χ1) is 16.5. The van der Waals surface area contributed by atoms with Crippen molar-refractivity contribution in [2.45, 2.75) is 111 Å². The van der Waals surface area contributed by atoms with Gasteiger partial charge in [0, 0.05) is 11.3 Å². The molecule has 0 saturated heterocycles. The first-order valence-corrected chi connectivity index (χ1v) is 14.1. The third kappa shape index (κ3) is 3.08. The van der Waals surface area contributed by atoms with Crippen LogP contribution in [0.1, 0.15) is 92.9 Å². The van der Waals surface area contributed by atoms with Gasteiger partial charge in [0.25, 0.3) is 0 Å². The highest BCUT2D eigenvalue weighted by atomic mass is 16.4. The molecule has 0 aromatic rings. The van der Waals surface area contributed by atoms with Gasteiger partial charge in [0.15, 0.2) is 0 Å². The second kappa shape index (κ2) is 7.80. The molecule has 4 saturated carbocycles. The predicted octanol–water partition coefficient (Wildman–Crippen LogP) is 4.15. The summed E-state index contributed by atoms with van der Waals surface area (Å²) < 4.78 is 0. The van der Waals surface area contributed by atoms with Crippen LogP contribution in [0, 0.1) is 50.2 Å². The van der Waals surface area contributed by atoms with Crippen molar-refractivity contribution < 1.29 is 30.3 Å². The molecule has 5 rings (SSSR count). The molecule has 6 nitrogen and oxygen atoms in total. The summed E-state index contributed by atoms with van der Waals surface area (Å²) >= 11 is 0. The summed E-state index contributed by atoms with van der Waals surface area (Å²) in [5.74, 6) is -0.842. The molecule has 0 aliphatic heterocycles. The van der Waals surface area contributed by atoms with Gasteiger partial charge in [-0.3, -0.25) is 4.79 Å². The number of carboxylic acids is 1. The number of aliphatic carboxylic acids is 1. The highest BCUT2D eigenvalue weighted by Gasteiger charge is 2.72. The van der Waals surface area contributed by atoms with E-state index in [1.165, 1.54) is 5.57 Å². The van der Waals surface area contributed by atoms with Crippen molar-refractivity contribution in [1.82, 2.24) is 0 Å². The lowest BCUT2D eigenvalue weighted by atomic mass is 9.33. The Morgan fingerprint density at radius 3 is 2.17 bits per heavy atom. The summed E-state index contributed by atoms with van der Waals surface area (Å²) in [6, 6.07) is 0.